The Kier molecular flexibility index (Phi) is 4.71. The molecule has 0 saturated carbocycles. The van der Waals surface area contributed by atoms with Gasteiger partial charge in [0.2, 0.25) is 0 Å². The minimum atomic E-state index is -1.06. The number of benzene rings is 1. The zero-order valence-electron chi connectivity index (χ0n) is 15.9. The van der Waals surface area contributed by atoms with Crippen molar-refractivity contribution >= 4 is 22.9 Å². The van der Waals surface area contributed by atoms with Crippen LogP contribution < -0.4 is 10.4 Å². The van der Waals surface area contributed by atoms with Gasteiger partial charge in [0.25, 0.3) is 0 Å². The third-order valence-corrected chi connectivity index (χ3v) is 4.39. The van der Waals surface area contributed by atoms with Crippen LogP contribution in [0.4, 0.5) is 0 Å². The number of hydrogen-bond donors (Lipinski definition) is 0. The molecule has 1 aliphatic heterocycles. The average Bonchev–Trinajstić information content (AvgIpc) is 2.90. The van der Waals surface area contributed by atoms with Crippen molar-refractivity contribution in [3.8, 4) is 5.75 Å². The van der Waals surface area contributed by atoms with E-state index in [0.29, 0.717) is 22.3 Å². The fourth-order valence-electron chi connectivity index (χ4n) is 3.12. The molecule has 3 rings (SSSR count). The summed E-state index contributed by atoms with van der Waals surface area (Å²) in [6.07, 6.45) is -1.51. The molecule has 0 aliphatic carbocycles. The van der Waals surface area contributed by atoms with Crippen LogP contribution in [0.15, 0.2) is 33.5 Å². The quantitative estimate of drug-likeness (QED) is 0.599. The number of rotatable bonds is 4. The van der Waals surface area contributed by atoms with E-state index >= 15 is 0 Å². The fourth-order valence-corrected chi connectivity index (χ4v) is 3.12. The van der Waals surface area contributed by atoms with Gasteiger partial charge < -0.3 is 18.6 Å². The summed E-state index contributed by atoms with van der Waals surface area (Å²) < 4.78 is 22.3. The zero-order valence-corrected chi connectivity index (χ0v) is 15.9. The molecule has 0 unspecified atom stereocenters. The van der Waals surface area contributed by atoms with Crippen LogP contribution in [0.5, 0.6) is 5.75 Å². The summed E-state index contributed by atoms with van der Waals surface area (Å²) in [5.74, 6) is -0.766. The normalized spacial score (nSPS) is 18.9. The van der Waals surface area contributed by atoms with Crippen molar-refractivity contribution in [2.75, 3.05) is 0 Å². The molecule has 2 atom stereocenters. The molecular formula is C20H22O7. The number of hydrogen-bond acceptors (Lipinski definition) is 7. The highest BCUT2D eigenvalue weighted by Crippen LogP contribution is 2.45. The summed E-state index contributed by atoms with van der Waals surface area (Å²) >= 11 is 0. The van der Waals surface area contributed by atoms with Gasteiger partial charge in [-0.25, -0.2) is 4.79 Å². The van der Waals surface area contributed by atoms with E-state index in [-0.39, 0.29) is 11.9 Å². The van der Waals surface area contributed by atoms with E-state index in [1.165, 1.54) is 13.0 Å². The van der Waals surface area contributed by atoms with Crippen molar-refractivity contribution in [1.82, 2.24) is 0 Å². The van der Waals surface area contributed by atoms with E-state index < -0.39 is 29.4 Å². The molecule has 1 aliphatic rings. The lowest BCUT2D eigenvalue weighted by molar-refractivity contribution is -0.177. The molecule has 0 N–H and O–H groups in total. The van der Waals surface area contributed by atoms with Crippen molar-refractivity contribution in [1.29, 1.82) is 0 Å². The number of ether oxygens (including phenoxy) is 3. The molecule has 2 aromatic rings. The SMILES string of the molecule is CC(=O)OC(C)(C)[C@@H]1Oc2cc3oc(=O)ccc3cc2[C@H]1OC(=O)C(C)C. The van der Waals surface area contributed by atoms with Gasteiger partial charge in [0.05, 0.1) is 5.92 Å². The number of carbonyl (C=O) groups is 2. The van der Waals surface area contributed by atoms with Gasteiger partial charge in [-0.05, 0) is 26.0 Å². The molecule has 27 heavy (non-hydrogen) atoms. The molecular weight excluding hydrogens is 352 g/mol. The van der Waals surface area contributed by atoms with Gasteiger partial charge in [0, 0.05) is 30.0 Å². The molecule has 0 fully saturated rings. The molecule has 7 heteroatoms. The molecule has 0 amide bonds. The lowest BCUT2D eigenvalue weighted by Gasteiger charge is -2.33. The van der Waals surface area contributed by atoms with Crippen LogP contribution in [-0.2, 0) is 19.1 Å². The second kappa shape index (κ2) is 6.72. The van der Waals surface area contributed by atoms with Gasteiger partial charge in [0.15, 0.2) is 12.2 Å². The topological polar surface area (TPSA) is 92.0 Å². The number of fused-ring (bicyclic) bond motifs is 2. The van der Waals surface area contributed by atoms with E-state index in [1.807, 2.05) is 0 Å². The summed E-state index contributed by atoms with van der Waals surface area (Å²) in [6.45, 7) is 8.17. The van der Waals surface area contributed by atoms with E-state index in [4.69, 9.17) is 18.6 Å². The Morgan fingerprint density at radius 1 is 1.19 bits per heavy atom. The predicted molar refractivity (Wildman–Crippen MR) is 96.4 cm³/mol. The van der Waals surface area contributed by atoms with Crippen molar-refractivity contribution in [2.24, 2.45) is 5.92 Å². The minimum Gasteiger partial charge on any atom is -0.481 e. The highest BCUT2D eigenvalue weighted by atomic mass is 16.6. The van der Waals surface area contributed by atoms with Crippen molar-refractivity contribution < 1.29 is 28.2 Å². The lowest BCUT2D eigenvalue weighted by atomic mass is 9.93. The summed E-state index contributed by atoms with van der Waals surface area (Å²) in [5, 5.41) is 0.675. The molecule has 1 aromatic heterocycles. The van der Waals surface area contributed by atoms with Gasteiger partial charge in [-0.15, -0.1) is 0 Å². The van der Waals surface area contributed by atoms with Crippen LogP contribution >= 0.6 is 0 Å². The first-order valence-electron chi connectivity index (χ1n) is 8.73. The predicted octanol–water partition coefficient (Wildman–Crippen LogP) is 3.14. The molecule has 7 nitrogen and oxygen atoms in total. The van der Waals surface area contributed by atoms with Gasteiger partial charge in [-0.2, -0.15) is 0 Å². The minimum absolute atomic E-state index is 0.329. The molecule has 0 saturated heterocycles. The van der Waals surface area contributed by atoms with E-state index in [0.717, 1.165) is 0 Å². The molecule has 1 aromatic carbocycles. The Labute approximate surface area is 156 Å². The van der Waals surface area contributed by atoms with E-state index in [9.17, 15) is 14.4 Å². The number of carbonyl (C=O) groups excluding carboxylic acids is 2. The maximum Gasteiger partial charge on any atom is 0.336 e. The van der Waals surface area contributed by atoms with Crippen molar-refractivity contribution in [3.05, 3.63) is 40.2 Å². The monoisotopic (exact) mass is 374 g/mol. The van der Waals surface area contributed by atoms with Crippen LogP contribution in [0.25, 0.3) is 11.0 Å². The van der Waals surface area contributed by atoms with Crippen LogP contribution in [-0.4, -0.2) is 23.6 Å². The molecule has 0 spiro atoms. The highest BCUT2D eigenvalue weighted by molar-refractivity contribution is 5.80. The highest BCUT2D eigenvalue weighted by Gasteiger charge is 2.49. The Balaban J connectivity index is 2.08. The summed E-state index contributed by atoms with van der Waals surface area (Å²) in [5.41, 5.74) is -0.531. The lowest BCUT2D eigenvalue weighted by Crippen LogP contribution is -2.46. The molecule has 0 radical (unpaired) electrons. The molecule has 144 valence electrons. The maximum atomic E-state index is 12.3. The summed E-state index contributed by atoms with van der Waals surface area (Å²) in [6, 6.07) is 6.30. The van der Waals surface area contributed by atoms with E-state index in [1.54, 1.807) is 45.9 Å². The van der Waals surface area contributed by atoms with Gasteiger partial charge >= 0.3 is 17.6 Å². The maximum absolute atomic E-state index is 12.3. The van der Waals surface area contributed by atoms with Crippen LogP contribution in [0.1, 0.15) is 46.3 Å². The van der Waals surface area contributed by atoms with Gasteiger partial charge in [-0.1, -0.05) is 13.8 Å². The summed E-state index contributed by atoms with van der Waals surface area (Å²) in [4.78, 5) is 35.3. The first-order valence-corrected chi connectivity index (χ1v) is 8.73. The van der Waals surface area contributed by atoms with Crippen LogP contribution in [0, 0.1) is 5.92 Å². The van der Waals surface area contributed by atoms with Crippen LogP contribution in [0.2, 0.25) is 0 Å². The van der Waals surface area contributed by atoms with Gasteiger partial charge in [-0.3, -0.25) is 9.59 Å². The Morgan fingerprint density at radius 2 is 1.89 bits per heavy atom. The third kappa shape index (κ3) is 3.67. The summed E-state index contributed by atoms with van der Waals surface area (Å²) in [7, 11) is 0. The van der Waals surface area contributed by atoms with Crippen molar-refractivity contribution in [3.63, 3.8) is 0 Å². The fraction of sp³-hybridized carbons (Fsp3) is 0.450. The third-order valence-electron chi connectivity index (χ3n) is 4.39. The zero-order chi connectivity index (χ0) is 19.9. The average molecular weight is 374 g/mol. The molecule has 0 bridgehead atoms. The number of esters is 2. The smallest absolute Gasteiger partial charge is 0.336 e. The first kappa shape index (κ1) is 18.9. The van der Waals surface area contributed by atoms with Crippen LogP contribution in [0.3, 0.4) is 0 Å². The van der Waals surface area contributed by atoms with Gasteiger partial charge in [0.1, 0.15) is 16.9 Å². The second-order valence-electron chi connectivity index (χ2n) is 7.43. The van der Waals surface area contributed by atoms with E-state index in [2.05, 4.69) is 0 Å². The largest absolute Gasteiger partial charge is 0.481 e. The Morgan fingerprint density at radius 3 is 2.52 bits per heavy atom. The second-order valence-corrected chi connectivity index (χ2v) is 7.43. The van der Waals surface area contributed by atoms with Crippen molar-refractivity contribution in [2.45, 2.75) is 52.4 Å². The Hall–Kier alpha value is -2.83. The standard InChI is InChI=1S/C20H22O7/c1-10(2)19(23)26-17-13-8-12-6-7-16(22)24-14(12)9-15(13)25-18(17)20(4,5)27-11(3)21/h6-10,17-18H,1-5H3/t17-,18-/m1/s1. The molecule has 2 heterocycles. The Bertz CT molecular complexity index is 954. The first-order chi connectivity index (χ1) is 12.6.